The van der Waals surface area contributed by atoms with E-state index in [0.717, 1.165) is 13.1 Å². The number of ketones is 1. The second-order valence-electron chi connectivity index (χ2n) is 5.72. The van der Waals surface area contributed by atoms with Crippen LogP contribution in [0, 0.1) is 5.92 Å². The average molecular weight is 285 g/mol. The van der Waals surface area contributed by atoms with Crippen molar-refractivity contribution in [2.24, 2.45) is 5.92 Å². The zero-order valence-electron chi connectivity index (χ0n) is 13.2. The van der Waals surface area contributed by atoms with E-state index in [2.05, 4.69) is 10.2 Å². The standard InChI is InChI=1S/C14H27N3O3/c1-10(2)13(18)12(11(3)20-5)15-14(19)17-8-6-16(4)7-9-17/h10-12H,6-9H2,1-5H3,(H,15,19)/t11-,12-/m0/s1. The van der Waals surface area contributed by atoms with Gasteiger partial charge in [-0.2, -0.15) is 0 Å². The summed E-state index contributed by atoms with van der Waals surface area (Å²) in [6.45, 7) is 8.55. The molecule has 2 amide bonds. The van der Waals surface area contributed by atoms with Gasteiger partial charge in [0.25, 0.3) is 0 Å². The first-order valence-corrected chi connectivity index (χ1v) is 7.17. The zero-order valence-corrected chi connectivity index (χ0v) is 13.2. The first-order chi connectivity index (χ1) is 9.36. The second-order valence-corrected chi connectivity index (χ2v) is 5.72. The summed E-state index contributed by atoms with van der Waals surface area (Å²) in [5.74, 6) is -0.132. The molecule has 6 heteroatoms. The van der Waals surface area contributed by atoms with Crippen LogP contribution in [0.3, 0.4) is 0 Å². The van der Waals surface area contributed by atoms with Crippen molar-refractivity contribution in [2.45, 2.75) is 32.9 Å². The third-order valence-corrected chi connectivity index (χ3v) is 3.79. The van der Waals surface area contributed by atoms with Gasteiger partial charge < -0.3 is 19.9 Å². The minimum Gasteiger partial charge on any atom is -0.379 e. The fourth-order valence-corrected chi connectivity index (χ4v) is 2.15. The maximum atomic E-state index is 12.3. The van der Waals surface area contributed by atoms with E-state index in [1.54, 1.807) is 18.9 Å². The number of piperazine rings is 1. The topological polar surface area (TPSA) is 61.9 Å². The smallest absolute Gasteiger partial charge is 0.318 e. The van der Waals surface area contributed by atoms with Crippen LogP contribution in [0.25, 0.3) is 0 Å². The van der Waals surface area contributed by atoms with Gasteiger partial charge in [0.1, 0.15) is 6.04 Å². The molecular weight excluding hydrogens is 258 g/mol. The molecule has 1 aliphatic heterocycles. The highest BCUT2D eigenvalue weighted by Gasteiger charge is 2.30. The van der Waals surface area contributed by atoms with E-state index in [1.807, 2.05) is 20.9 Å². The van der Waals surface area contributed by atoms with Gasteiger partial charge in [-0.15, -0.1) is 0 Å². The molecule has 0 radical (unpaired) electrons. The number of amides is 2. The number of carbonyl (C=O) groups excluding carboxylic acids is 2. The highest BCUT2D eigenvalue weighted by Crippen LogP contribution is 2.08. The summed E-state index contributed by atoms with van der Waals surface area (Å²) < 4.78 is 5.23. The Labute approximate surface area is 121 Å². The van der Waals surface area contributed by atoms with Crippen molar-refractivity contribution in [3.8, 4) is 0 Å². The summed E-state index contributed by atoms with van der Waals surface area (Å²) >= 11 is 0. The Hall–Kier alpha value is -1.14. The fraction of sp³-hybridized carbons (Fsp3) is 0.857. The summed E-state index contributed by atoms with van der Waals surface area (Å²) in [6.07, 6.45) is -0.332. The third-order valence-electron chi connectivity index (χ3n) is 3.79. The monoisotopic (exact) mass is 285 g/mol. The number of rotatable bonds is 5. The predicted molar refractivity (Wildman–Crippen MR) is 77.7 cm³/mol. The van der Waals surface area contributed by atoms with Crippen LogP contribution in [0.1, 0.15) is 20.8 Å². The molecule has 1 N–H and O–H groups in total. The first kappa shape index (κ1) is 16.9. The maximum Gasteiger partial charge on any atom is 0.318 e. The van der Waals surface area contributed by atoms with Crippen LogP contribution in [0.4, 0.5) is 4.79 Å². The van der Waals surface area contributed by atoms with Crippen molar-refractivity contribution in [3.05, 3.63) is 0 Å². The van der Waals surface area contributed by atoms with E-state index in [9.17, 15) is 9.59 Å². The molecule has 116 valence electrons. The third kappa shape index (κ3) is 4.45. The van der Waals surface area contributed by atoms with Gasteiger partial charge in [0.15, 0.2) is 5.78 Å². The van der Waals surface area contributed by atoms with Gasteiger partial charge in [-0.25, -0.2) is 4.79 Å². The first-order valence-electron chi connectivity index (χ1n) is 7.17. The summed E-state index contributed by atoms with van der Waals surface area (Å²) in [6, 6.07) is -0.770. The Bertz CT molecular complexity index is 339. The lowest BCUT2D eigenvalue weighted by Gasteiger charge is -2.34. The number of methoxy groups -OCH3 is 1. The van der Waals surface area contributed by atoms with Crippen LogP contribution in [0.5, 0.6) is 0 Å². The van der Waals surface area contributed by atoms with E-state index in [0.29, 0.717) is 13.1 Å². The molecular formula is C14H27N3O3. The van der Waals surface area contributed by atoms with Crippen LogP contribution in [-0.2, 0) is 9.53 Å². The van der Waals surface area contributed by atoms with Gasteiger partial charge in [-0.05, 0) is 14.0 Å². The molecule has 6 nitrogen and oxygen atoms in total. The van der Waals surface area contributed by atoms with E-state index in [-0.39, 0.29) is 23.8 Å². The lowest BCUT2D eigenvalue weighted by molar-refractivity contribution is -0.126. The largest absolute Gasteiger partial charge is 0.379 e. The quantitative estimate of drug-likeness (QED) is 0.802. The summed E-state index contributed by atoms with van der Waals surface area (Å²) in [7, 11) is 3.58. The number of Topliss-reactive ketones (excluding diaryl/α,β-unsaturated/α-hetero) is 1. The van der Waals surface area contributed by atoms with Crippen molar-refractivity contribution < 1.29 is 14.3 Å². The lowest BCUT2D eigenvalue weighted by Crippen LogP contribution is -2.57. The van der Waals surface area contributed by atoms with Gasteiger partial charge in [-0.3, -0.25) is 4.79 Å². The molecule has 0 aromatic carbocycles. The molecule has 0 aromatic heterocycles. The summed E-state index contributed by atoms with van der Waals surface area (Å²) in [5, 5.41) is 2.83. The number of hydrogen-bond donors (Lipinski definition) is 1. The molecule has 20 heavy (non-hydrogen) atoms. The number of nitrogens with zero attached hydrogens (tertiary/aromatic N) is 2. The number of nitrogens with one attached hydrogen (secondary N) is 1. The molecule has 2 atom stereocenters. The van der Waals surface area contributed by atoms with Crippen LogP contribution >= 0.6 is 0 Å². The van der Waals surface area contributed by atoms with Gasteiger partial charge in [0, 0.05) is 39.2 Å². The average Bonchev–Trinajstić information content (AvgIpc) is 2.43. The van der Waals surface area contributed by atoms with Crippen LogP contribution in [0.15, 0.2) is 0 Å². The highest BCUT2D eigenvalue weighted by atomic mass is 16.5. The van der Waals surface area contributed by atoms with E-state index in [4.69, 9.17) is 4.74 Å². The maximum absolute atomic E-state index is 12.3. The molecule has 0 bridgehead atoms. The van der Waals surface area contributed by atoms with Crippen molar-refractivity contribution >= 4 is 11.8 Å². The van der Waals surface area contributed by atoms with Crippen molar-refractivity contribution in [3.63, 3.8) is 0 Å². The molecule has 1 fully saturated rings. The van der Waals surface area contributed by atoms with E-state index in [1.165, 1.54) is 0 Å². The highest BCUT2D eigenvalue weighted by molar-refractivity contribution is 5.90. The van der Waals surface area contributed by atoms with E-state index >= 15 is 0 Å². The Morgan fingerprint density at radius 1 is 1.10 bits per heavy atom. The zero-order chi connectivity index (χ0) is 15.3. The fourth-order valence-electron chi connectivity index (χ4n) is 2.15. The Balaban J connectivity index is 2.64. The number of hydrogen-bond acceptors (Lipinski definition) is 4. The minimum absolute atomic E-state index is 0.00169. The van der Waals surface area contributed by atoms with Crippen molar-refractivity contribution in [1.29, 1.82) is 0 Å². The lowest BCUT2D eigenvalue weighted by atomic mass is 9.98. The normalized spacial score (nSPS) is 19.8. The SMILES string of the molecule is CO[C@@H](C)[C@H](NC(=O)N1CCN(C)CC1)C(=O)C(C)C. The van der Waals surface area contributed by atoms with Crippen LogP contribution in [-0.4, -0.2) is 74.1 Å². The second kappa shape index (κ2) is 7.59. The predicted octanol–water partition coefficient (Wildman–Crippen LogP) is 0.572. The van der Waals surface area contributed by atoms with Gasteiger partial charge >= 0.3 is 6.03 Å². The molecule has 1 rings (SSSR count). The Morgan fingerprint density at radius 2 is 1.65 bits per heavy atom. The molecule has 1 saturated heterocycles. The van der Waals surface area contributed by atoms with E-state index < -0.39 is 6.04 Å². The van der Waals surface area contributed by atoms with Crippen LogP contribution in [0.2, 0.25) is 0 Å². The molecule has 1 aliphatic rings. The minimum atomic E-state index is -0.591. The molecule has 0 unspecified atom stereocenters. The Kier molecular flexibility index (Phi) is 6.42. The number of urea groups is 1. The van der Waals surface area contributed by atoms with Crippen LogP contribution < -0.4 is 5.32 Å². The number of ether oxygens (including phenoxy) is 1. The van der Waals surface area contributed by atoms with Crippen molar-refractivity contribution in [2.75, 3.05) is 40.3 Å². The molecule has 1 heterocycles. The molecule has 0 aromatic rings. The molecule has 0 spiro atoms. The number of likely N-dealkylation sites (N-methyl/N-ethyl adjacent to an activating group) is 1. The molecule has 0 saturated carbocycles. The van der Waals surface area contributed by atoms with Crippen molar-refractivity contribution in [1.82, 2.24) is 15.1 Å². The molecule has 0 aliphatic carbocycles. The Morgan fingerprint density at radius 3 is 2.10 bits per heavy atom. The summed E-state index contributed by atoms with van der Waals surface area (Å²) in [5.41, 5.74) is 0. The van der Waals surface area contributed by atoms with Gasteiger partial charge in [0.05, 0.1) is 6.10 Å². The summed E-state index contributed by atoms with van der Waals surface area (Å²) in [4.78, 5) is 28.4. The number of carbonyl (C=O) groups is 2. The van der Waals surface area contributed by atoms with Gasteiger partial charge in [0.2, 0.25) is 0 Å². The van der Waals surface area contributed by atoms with Gasteiger partial charge in [-0.1, -0.05) is 13.8 Å².